The number of fused-ring (bicyclic) bond motifs is 1. The molecule has 0 unspecified atom stereocenters. The van der Waals surface area contributed by atoms with Gasteiger partial charge in [0, 0.05) is 11.1 Å². The molecule has 0 aliphatic rings. The summed E-state index contributed by atoms with van der Waals surface area (Å²) in [5.41, 5.74) is 2.12. The zero-order chi connectivity index (χ0) is 14.1. The van der Waals surface area contributed by atoms with Crippen molar-refractivity contribution in [3.8, 4) is 16.3 Å². The number of phenols is 1. The molecule has 2 nitrogen and oxygen atoms in total. The summed E-state index contributed by atoms with van der Waals surface area (Å²) in [6, 6.07) is 10.1. The van der Waals surface area contributed by atoms with Crippen molar-refractivity contribution in [1.82, 2.24) is 4.98 Å². The van der Waals surface area contributed by atoms with Crippen LogP contribution in [0.5, 0.6) is 5.75 Å². The van der Waals surface area contributed by atoms with Crippen molar-refractivity contribution in [3.05, 3.63) is 53.9 Å². The maximum Gasteiger partial charge on any atom is 0.131 e. The molecule has 0 bridgehead atoms. The van der Waals surface area contributed by atoms with E-state index in [1.165, 1.54) is 17.4 Å². The molecule has 20 heavy (non-hydrogen) atoms. The van der Waals surface area contributed by atoms with Crippen molar-refractivity contribution in [2.75, 3.05) is 0 Å². The minimum absolute atomic E-state index is 0.210. The van der Waals surface area contributed by atoms with Crippen LogP contribution in [0, 0.1) is 5.82 Å². The van der Waals surface area contributed by atoms with Crippen LogP contribution in [0.15, 0.2) is 42.5 Å². The van der Waals surface area contributed by atoms with Gasteiger partial charge in [-0.05, 0) is 31.2 Å². The molecule has 0 saturated heterocycles. The monoisotopic (exact) mass is 285 g/mol. The van der Waals surface area contributed by atoms with Gasteiger partial charge in [0.25, 0.3) is 0 Å². The smallest absolute Gasteiger partial charge is 0.131 e. The molecule has 0 amide bonds. The number of rotatable bonds is 2. The van der Waals surface area contributed by atoms with Gasteiger partial charge >= 0.3 is 0 Å². The molecule has 3 rings (SSSR count). The quantitative estimate of drug-likeness (QED) is 0.730. The lowest BCUT2D eigenvalue weighted by molar-refractivity contribution is 0.476. The zero-order valence-electron chi connectivity index (χ0n) is 10.8. The highest BCUT2D eigenvalue weighted by molar-refractivity contribution is 7.21. The number of hydrogen-bond donors (Lipinski definition) is 1. The topological polar surface area (TPSA) is 33.1 Å². The van der Waals surface area contributed by atoms with Gasteiger partial charge in [-0.3, -0.25) is 0 Å². The van der Waals surface area contributed by atoms with Crippen molar-refractivity contribution in [2.45, 2.75) is 6.92 Å². The number of allylic oxidation sites excluding steroid dienone is 1. The summed E-state index contributed by atoms with van der Waals surface area (Å²) in [6.45, 7) is 1.85. The second-order valence-corrected chi connectivity index (χ2v) is 5.44. The molecule has 0 fully saturated rings. The molecule has 4 heteroatoms. The largest absolute Gasteiger partial charge is 0.508 e. The molecule has 1 N–H and O–H groups in total. The van der Waals surface area contributed by atoms with Crippen LogP contribution in [0.4, 0.5) is 4.39 Å². The molecule has 0 radical (unpaired) electrons. The Morgan fingerprint density at radius 2 is 2.05 bits per heavy atom. The summed E-state index contributed by atoms with van der Waals surface area (Å²) in [7, 11) is 0. The second-order valence-electron chi connectivity index (χ2n) is 4.41. The number of phenolic OH excluding ortho intramolecular Hbond substituents is 1. The molecule has 1 heterocycles. The van der Waals surface area contributed by atoms with Gasteiger partial charge in [0.2, 0.25) is 0 Å². The normalized spacial score (nSPS) is 11.5. The Morgan fingerprint density at radius 3 is 2.80 bits per heavy atom. The average Bonchev–Trinajstić information content (AvgIpc) is 2.84. The molecule has 100 valence electrons. The zero-order valence-corrected chi connectivity index (χ0v) is 11.6. The Balaban J connectivity index is 2.08. The molecule has 2 aromatic carbocycles. The Bertz CT molecular complexity index is 807. The van der Waals surface area contributed by atoms with Crippen LogP contribution in [0.3, 0.4) is 0 Å². The number of nitrogens with zero attached hydrogens (tertiary/aromatic N) is 1. The maximum atomic E-state index is 13.9. The van der Waals surface area contributed by atoms with Crippen LogP contribution in [-0.2, 0) is 0 Å². The van der Waals surface area contributed by atoms with Gasteiger partial charge in [0.05, 0.1) is 10.2 Å². The first-order chi connectivity index (χ1) is 9.67. The van der Waals surface area contributed by atoms with E-state index in [4.69, 9.17) is 0 Å². The van der Waals surface area contributed by atoms with E-state index in [1.807, 2.05) is 13.0 Å². The van der Waals surface area contributed by atoms with Gasteiger partial charge in [-0.25, -0.2) is 9.37 Å². The van der Waals surface area contributed by atoms with Crippen LogP contribution in [0.1, 0.15) is 12.5 Å². The van der Waals surface area contributed by atoms with Crippen LogP contribution in [-0.4, -0.2) is 10.1 Å². The van der Waals surface area contributed by atoms with Gasteiger partial charge in [-0.15, -0.1) is 11.3 Å². The maximum absolute atomic E-state index is 13.9. The van der Waals surface area contributed by atoms with Gasteiger partial charge < -0.3 is 5.11 Å². The van der Waals surface area contributed by atoms with E-state index in [9.17, 15) is 9.50 Å². The SMILES string of the molecule is C/C=C/c1ccc(-c2nc3ccc(O)cc3s2)cc1F. The molecule has 1 aromatic heterocycles. The second kappa shape index (κ2) is 5.06. The molecule has 0 saturated carbocycles. The number of benzene rings is 2. The van der Waals surface area contributed by atoms with Crippen LogP contribution in [0.25, 0.3) is 26.9 Å². The minimum Gasteiger partial charge on any atom is -0.508 e. The number of halogens is 1. The third-order valence-corrected chi connectivity index (χ3v) is 4.03. The van der Waals surface area contributed by atoms with Crippen LogP contribution >= 0.6 is 11.3 Å². The lowest BCUT2D eigenvalue weighted by atomic mass is 10.1. The van der Waals surface area contributed by atoms with Crippen molar-refractivity contribution < 1.29 is 9.50 Å². The number of hydrogen-bond acceptors (Lipinski definition) is 3. The van der Waals surface area contributed by atoms with Crippen LogP contribution < -0.4 is 0 Å². The van der Waals surface area contributed by atoms with Crippen LogP contribution in [0.2, 0.25) is 0 Å². The fraction of sp³-hybridized carbons (Fsp3) is 0.0625. The molecule has 0 spiro atoms. The van der Waals surface area contributed by atoms with E-state index in [2.05, 4.69) is 4.98 Å². The molecule has 3 aromatic rings. The van der Waals surface area contributed by atoms with E-state index < -0.39 is 0 Å². The summed E-state index contributed by atoms with van der Waals surface area (Å²) < 4.78 is 14.8. The first-order valence-corrected chi connectivity index (χ1v) is 7.01. The summed E-state index contributed by atoms with van der Waals surface area (Å²) >= 11 is 1.44. The van der Waals surface area contributed by atoms with Gasteiger partial charge in [0.1, 0.15) is 16.6 Å². The number of aromatic nitrogens is 1. The van der Waals surface area contributed by atoms with E-state index in [-0.39, 0.29) is 11.6 Å². The van der Waals surface area contributed by atoms with E-state index in [0.717, 1.165) is 20.8 Å². The minimum atomic E-state index is -0.261. The highest BCUT2D eigenvalue weighted by Gasteiger charge is 2.09. The number of aromatic hydroxyl groups is 1. The fourth-order valence-electron chi connectivity index (χ4n) is 2.01. The Morgan fingerprint density at radius 1 is 1.20 bits per heavy atom. The Hall–Kier alpha value is -2.20. The van der Waals surface area contributed by atoms with Crippen molar-refractivity contribution in [3.63, 3.8) is 0 Å². The van der Waals surface area contributed by atoms with Crippen molar-refractivity contribution in [1.29, 1.82) is 0 Å². The highest BCUT2D eigenvalue weighted by Crippen LogP contribution is 2.32. The predicted octanol–water partition coefficient (Wildman–Crippen LogP) is 4.84. The van der Waals surface area contributed by atoms with E-state index in [1.54, 1.807) is 36.4 Å². The van der Waals surface area contributed by atoms with Crippen molar-refractivity contribution >= 4 is 27.6 Å². The van der Waals surface area contributed by atoms with E-state index >= 15 is 0 Å². The lowest BCUT2D eigenvalue weighted by Gasteiger charge is -2.00. The third-order valence-electron chi connectivity index (χ3n) is 2.97. The number of thiazole rings is 1. The molecular formula is C16H12FNOS. The summed E-state index contributed by atoms with van der Waals surface area (Å²) in [5, 5.41) is 10.2. The van der Waals surface area contributed by atoms with E-state index in [0.29, 0.717) is 5.56 Å². The molecule has 0 aliphatic heterocycles. The van der Waals surface area contributed by atoms with Gasteiger partial charge in [0.15, 0.2) is 0 Å². The fourth-order valence-corrected chi connectivity index (χ4v) is 3.01. The molecular weight excluding hydrogens is 273 g/mol. The standard InChI is InChI=1S/C16H12FNOS/c1-2-3-10-4-5-11(8-13(10)17)16-18-14-7-6-12(19)9-15(14)20-16/h2-9,19H,1H3/b3-2+. The third kappa shape index (κ3) is 2.30. The predicted molar refractivity (Wildman–Crippen MR) is 81.4 cm³/mol. The summed E-state index contributed by atoms with van der Waals surface area (Å²) in [6.07, 6.45) is 3.54. The first-order valence-electron chi connectivity index (χ1n) is 6.19. The molecule has 0 atom stereocenters. The molecule has 0 aliphatic carbocycles. The Labute approximate surface area is 119 Å². The van der Waals surface area contributed by atoms with Crippen molar-refractivity contribution in [2.24, 2.45) is 0 Å². The van der Waals surface area contributed by atoms with Gasteiger partial charge in [-0.2, -0.15) is 0 Å². The summed E-state index contributed by atoms with van der Waals surface area (Å²) in [4.78, 5) is 4.46. The van der Waals surface area contributed by atoms with Gasteiger partial charge in [-0.1, -0.05) is 24.3 Å². The first kappa shape index (κ1) is 12.8. The lowest BCUT2D eigenvalue weighted by Crippen LogP contribution is -1.84. The average molecular weight is 285 g/mol. The highest BCUT2D eigenvalue weighted by atomic mass is 32.1. The summed E-state index contributed by atoms with van der Waals surface area (Å²) in [5.74, 6) is -0.0509. The Kier molecular flexibility index (Phi) is 3.24.